The van der Waals surface area contributed by atoms with Crippen LogP contribution in [0.4, 0.5) is 0 Å². The number of carbonyl (C=O) groups excluding carboxylic acids is 1. The van der Waals surface area contributed by atoms with Crippen LogP contribution in [-0.4, -0.2) is 59.6 Å². The lowest BCUT2D eigenvalue weighted by molar-refractivity contribution is -0.132. The summed E-state index contributed by atoms with van der Waals surface area (Å²) in [4.78, 5) is 16.6. The number of benzene rings is 1. The van der Waals surface area contributed by atoms with Crippen LogP contribution >= 0.6 is 0 Å². The average molecular weight is 290 g/mol. The third-order valence-corrected chi connectivity index (χ3v) is 4.34. The first-order valence-electron chi connectivity index (χ1n) is 7.82. The molecule has 1 saturated heterocycles. The van der Waals surface area contributed by atoms with Crippen LogP contribution in [0.25, 0.3) is 0 Å². The number of piperazine rings is 1. The summed E-state index contributed by atoms with van der Waals surface area (Å²) in [6.07, 6.45) is 1.44. The topological polar surface area (TPSA) is 43.8 Å². The van der Waals surface area contributed by atoms with Crippen LogP contribution < -0.4 is 0 Å². The van der Waals surface area contributed by atoms with Gasteiger partial charge in [0, 0.05) is 32.2 Å². The number of nitrogens with zero attached hydrogens (tertiary/aromatic N) is 2. The number of aliphatic hydroxyl groups excluding tert-OH is 1. The van der Waals surface area contributed by atoms with Crippen molar-refractivity contribution in [2.75, 3.05) is 32.8 Å². The van der Waals surface area contributed by atoms with E-state index in [1.54, 1.807) is 0 Å². The molecule has 1 heterocycles. The van der Waals surface area contributed by atoms with Crippen LogP contribution in [0.5, 0.6) is 0 Å². The fourth-order valence-electron chi connectivity index (χ4n) is 2.83. The third-order valence-electron chi connectivity index (χ3n) is 4.34. The molecular weight excluding hydrogens is 264 g/mol. The smallest absolute Gasteiger partial charge is 0.227 e. The monoisotopic (exact) mass is 290 g/mol. The molecule has 1 N–H and O–H groups in total. The maximum atomic E-state index is 12.3. The summed E-state index contributed by atoms with van der Waals surface area (Å²) < 4.78 is 0. The first kappa shape index (κ1) is 16.0. The van der Waals surface area contributed by atoms with Gasteiger partial charge < -0.3 is 10.0 Å². The Morgan fingerprint density at radius 3 is 2.33 bits per heavy atom. The Morgan fingerprint density at radius 2 is 1.81 bits per heavy atom. The Morgan fingerprint density at radius 1 is 1.19 bits per heavy atom. The van der Waals surface area contributed by atoms with Gasteiger partial charge in [0.25, 0.3) is 0 Å². The molecule has 4 nitrogen and oxygen atoms in total. The SMILES string of the molecule is CCC(CO)N1CCN(C(=O)Cc2ccc(C)cc2)CC1. The van der Waals surface area contributed by atoms with Gasteiger partial charge in [0.05, 0.1) is 13.0 Å². The van der Waals surface area contributed by atoms with Gasteiger partial charge in [-0.05, 0) is 18.9 Å². The maximum absolute atomic E-state index is 12.3. The van der Waals surface area contributed by atoms with Gasteiger partial charge in [-0.1, -0.05) is 36.8 Å². The molecule has 1 unspecified atom stereocenters. The van der Waals surface area contributed by atoms with Crippen molar-refractivity contribution in [1.82, 2.24) is 9.80 Å². The maximum Gasteiger partial charge on any atom is 0.227 e. The Hall–Kier alpha value is -1.39. The first-order valence-corrected chi connectivity index (χ1v) is 7.82. The van der Waals surface area contributed by atoms with Crippen LogP contribution in [0.15, 0.2) is 24.3 Å². The number of amides is 1. The predicted octanol–water partition coefficient (Wildman–Crippen LogP) is 1.45. The largest absolute Gasteiger partial charge is 0.395 e. The predicted molar refractivity (Wildman–Crippen MR) is 84.2 cm³/mol. The second-order valence-corrected chi connectivity index (χ2v) is 5.82. The van der Waals surface area contributed by atoms with Gasteiger partial charge in [0.15, 0.2) is 0 Å². The molecule has 21 heavy (non-hydrogen) atoms. The van der Waals surface area contributed by atoms with Crippen molar-refractivity contribution < 1.29 is 9.90 Å². The van der Waals surface area contributed by atoms with Crippen molar-refractivity contribution in [3.8, 4) is 0 Å². The summed E-state index contributed by atoms with van der Waals surface area (Å²) in [5.74, 6) is 0.204. The molecule has 116 valence electrons. The standard InChI is InChI=1S/C17H26N2O2/c1-3-16(13-20)18-8-10-19(11-9-18)17(21)12-15-6-4-14(2)5-7-15/h4-7,16,20H,3,8-13H2,1-2H3. The molecule has 1 fully saturated rings. The van der Waals surface area contributed by atoms with Gasteiger partial charge in [0.2, 0.25) is 5.91 Å². The molecule has 4 heteroatoms. The highest BCUT2D eigenvalue weighted by Crippen LogP contribution is 2.11. The quantitative estimate of drug-likeness (QED) is 0.893. The van der Waals surface area contributed by atoms with E-state index in [2.05, 4.69) is 18.7 Å². The van der Waals surface area contributed by atoms with Crippen molar-refractivity contribution in [1.29, 1.82) is 0 Å². The van der Waals surface area contributed by atoms with E-state index in [0.717, 1.165) is 38.2 Å². The summed E-state index contributed by atoms with van der Waals surface area (Å²) >= 11 is 0. The lowest BCUT2D eigenvalue weighted by atomic mass is 10.1. The van der Waals surface area contributed by atoms with Gasteiger partial charge in [-0.2, -0.15) is 0 Å². The zero-order valence-electron chi connectivity index (χ0n) is 13.1. The molecule has 0 aliphatic carbocycles. The summed E-state index contributed by atoms with van der Waals surface area (Å²) in [5, 5.41) is 9.35. The van der Waals surface area contributed by atoms with Crippen LogP contribution in [0, 0.1) is 6.92 Å². The number of aliphatic hydroxyl groups is 1. The minimum Gasteiger partial charge on any atom is -0.395 e. The van der Waals surface area contributed by atoms with E-state index < -0.39 is 0 Å². The van der Waals surface area contributed by atoms with Crippen molar-refractivity contribution in [3.05, 3.63) is 35.4 Å². The van der Waals surface area contributed by atoms with E-state index >= 15 is 0 Å². The lowest BCUT2D eigenvalue weighted by Gasteiger charge is -2.38. The Bertz CT molecular complexity index is 446. The number of rotatable bonds is 5. The van der Waals surface area contributed by atoms with Gasteiger partial charge in [0.1, 0.15) is 0 Å². The van der Waals surface area contributed by atoms with Crippen molar-refractivity contribution in [2.24, 2.45) is 0 Å². The zero-order chi connectivity index (χ0) is 15.2. The highest BCUT2D eigenvalue weighted by Gasteiger charge is 2.24. The van der Waals surface area contributed by atoms with Crippen molar-refractivity contribution in [2.45, 2.75) is 32.7 Å². The fourth-order valence-corrected chi connectivity index (χ4v) is 2.83. The fraction of sp³-hybridized carbons (Fsp3) is 0.588. The number of hydrogen-bond acceptors (Lipinski definition) is 3. The van der Waals surface area contributed by atoms with Crippen molar-refractivity contribution >= 4 is 5.91 Å². The van der Waals surface area contributed by atoms with Gasteiger partial charge in [-0.15, -0.1) is 0 Å². The minimum atomic E-state index is 0.202. The molecule has 1 aromatic carbocycles. The Labute approximate surface area is 127 Å². The molecular formula is C17H26N2O2. The van der Waals surface area contributed by atoms with E-state index in [4.69, 9.17) is 0 Å². The average Bonchev–Trinajstić information content (AvgIpc) is 2.51. The normalized spacial score (nSPS) is 17.8. The Kier molecular flexibility index (Phi) is 5.76. The number of aryl methyl sites for hydroxylation is 1. The van der Waals surface area contributed by atoms with Crippen LogP contribution in [0.2, 0.25) is 0 Å². The molecule has 1 amide bonds. The number of carbonyl (C=O) groups is 1. The van der Waals surface area contributed by atoms with E-state index in [0.29, 0.717) is 6.42 Å². The second kappa shape index (κ2) is 7.57. The molecule has 0 bridgehead atoms. The summed E-state index contributed by atoms with van der Waals surface area (Å²) in [6.45, 7) is 7.60. The molecule has 0 radical (unpaired) electrons. The van der Waals surface area contributed by atoms with Gasteiger partial charge >= 0.3 is 0 Å². The molecule has 0 saturated carbocycles. The molecule has 1 aromatic rings. The first-order chi connectivity index (χ1) is 10.1. The van der Waals surface area contributed by atoms with Crippen molar-refractivity contribution in [3.63, 3.8) is 0 Å². The van der Waals surface area contributed by atoms with E-state index in [1.807, 2.05) is 29.2 Å². The van der Waals surface area contributed by atoms with Gasteiger partial charge in [-0.25, -0.2) is 0 Å². The van der Waals surface area contributed by atoms with E-state index in [9.17, 15) is 9.90 Å². The zero-order valence-corrected chi connectivity index (χ0v) is 13.1. The number of hydrogen-bond donors (Lipinski definition) is 1. The highest BCUT2D eigenvalue weighted by molar-refractivity contribution is 5.78. The summed E-state index contributed by atoms with van der Waals surface area (Å²) in [7, 11) is 0. The molecule has 1 aliphatic rings. The van der Waals surface area contributed by atoms with E-state index in [1.165, 1.54) is 5.56 Å². The van der Waals surface area contributed by atoms with E-state index in [-0.39, 0.29) is 18.6 Å². The highest BCUT2D eigenvalue weighted by atomic mass is 16.3. The lowest BCUT2D eigenvalue weighted by Crippen LogP contribution is -2.53. The Balaban J connectivity index is 1.84. The third kappa shape index (κ3) is 4.29. The molecule has 1 aliphatic heterocycles. The summed E-state index contributed by atoms with van der Waals surface area (Å²) in [6, 6.07) is 8.39. The second-order valence-electron chi connectivity index (χ2n) is 5.82. The molecule has 0 aromatic heterocycles. The van der Waals surface area contributed by atoms with Crippen LogP contribution in [0.3, 0.4) is 0 Å². The summed E-state index contributed by atoms with van der Waals surface area (Å²) in [5.41, 5.74) is 2.30. The molecule has 2 rings (SSSR count). The molecule has 1 atom stereocenters. The van der Waals surface area contributed by atoms with Gasteiger partial charge in [-0.3, -0.25) is 9.69 Å². The molecule has 0 spiro atoms. The minimum absolute atomic E-state index is 0.202. The van der Waals surface area contributed by atoms with Crippen LogP contribution in [-0.2, 0) is 11.2 Å². The van der Waals surface area contributed by atoms with Crippen LogP contribution in [0.1, 0.15) is 24.5 Å².